The lowest BCUT2D eigenvalue weighted by Crippen LogP contribution is -2.41. The van der Waals surface area contributed by atoms with Crippen LogP contribution in [-0.4, -0.2) is 15.0 Å². The minimum atomic E-state index is -0.581. The third-order valence-electron chi connectivity index (χ3n) is 4.43. The van der Waals surface area contributed by atoms with E-state index in [0.29, 0.717) is 26.7 Å². The number of hydrogen-bond donors (Lipinski definition) is 1. The van der Waals surface area contributed by atoms with E-state index in [0.717, 1.165) is 10.1 Å². The zero-order chi connectivity index (χ0) is 20.5. The number of carbonyl (C=O) groups is 1. The van der Waals surface area contributed by atoms with Crippen molar-refractivity contribution in [1.82, 2.24) is 9.13 Å². The van der Waals surface area contributed by atoms with Crippen LogP contribution in [0.15, 0.2) is 62.0 Å². The van der Waals surface area contributed by atoms with E-state index in [9.17, 15) is 14.4 Å². The summed E-state index contributed by atoms with van der Waals surface area (Å²) in [7, 11) is 0. The molecule has 148 valence electrons. The summed E-state index contributed by atoms with van der Waals surface area (Å²) in [4.78, 5) is 38.4. The van der Waals surface area contributed by atoms with Crippen molar-refractivity contribution in [3.8, 4) is 0 Å². The van der Waals surface area contributed by atoms with Crippen molar-refractivity contribution in [1.29, 1.82) is 0 Å². The number of fused-ring (bicyclic) bond motifs is 1. The second-order valence-electron chi connectivity index (χ2n) is 6.51. The van der Waals surface area contributed by atoms with E-state index in [-0.39, 0.29) is 13.1 Å². The first-order valence-corrected chi connectivity index (χ1v) is 9.99. The first-order valence-electron chi connectivity index (χ1n) is 8.73. The number of rotatable bonds is 5. The van der Waals surface area contributed by atoms with E-state index in [4.69, 9.17) is 16.0 Å². The molecular weight excluding hydrogens is 414 g/mol. The Morgan fingerprint density at radius 3 is 2.76 bits per heavy atom. The molecule has 0 spiro atoms. The minimum absolute atomic E-state index is 0.0100. The molecule has 0 unspecified atom stereocenters. The first kappa shape index (κ1) is 19.2. The van der Waals surface area contributed by atoms with E-state index in [1.165, 1.54) is 22.2 Å². The van der Waals surface area contributed by atoms with Crippen LogP contribution in [0.4, 0.5) is 5.69 Å². The Bertz CT molecular complexity index is 1320. The molecule has 0 fully saturated rings. The fourth-order valence-electron chi connectivity index (χ4n) is 3.04. The third kappa shape index (κ3) is 3.76. The summed E-state index contributed by atoms with van der Waals surface area (Å²) in [6.45, 7) is 1.63. The van der Waals surface area contributed by atoms with Crippen LogP contribution < -0.4 is 16.6 Å². The standard InChI is InChI=1S/C20H16ClN3O4S/c1-12-4-5-15(14(21)9-12)22-17(25)11-23-16-6-8-29-18(16)19(26)24(20(23)27)10-13-3-2-7-28-13/h2-9H,10-11H2,1H3,(H,22,25). The van der Waals surface area contributed by atoms with Crippen molar-refractivity contribution in [3.05, 3.63) is 85.2 Å². The molecule has 9 heteroatoms. The van der Waals surface area contributed by atoms with Crippen LogP contribution in [0, 0.1) is 6.92 Å². The van der Waals surface area contributed by atoms with Gasteiger partial charge in [-0.1, -0.05) is 17.7 Å². The van der Waals surface area contributed by atoms with Crippen LogP contribution in [0.3, 0.4) is 0 Å². The zero-order valence-electron chi connectivity index (χ0n) is 15.3. The number of anilines is 1. The van der Waals surface area contributed by atoms with Crippen LogP contribution in [0.25, 0.3) is 10.2 Å². The number of furan rings is 1. The van der Waals surface area contributed by atoms with Gasteiger partial charge in [0.2, 0.25) is 5.91 Å². The van der Waals surface area contributed by atoms with E-state index in [1.807, 2.05) is 13.0 Å². The number of aryl methyl sites for hydroxylation is 1. The lowest BCUT2D eigenvalue weighted by molar-refractivity contribution is -0.116. The van der Waals surface area contributed by atoms with E-state index in [2.05, 4.69) is 5.32 Å². The van der Waals surface area contributed by atoms with Crippen molar-refractivity contribution < 1.29 is 9.21 Å². The number of nitrogens with one attached hydrogen (secondary N) is 1. The largest absolute Gasteiger partial charge is 0.467 e. The fourth-order valence-corrected chi connectivity index (χ4v) is 4.16. The molecule has 3 aromatic heterocycles. The monoisotopic (exact) mass is 429 g/mol. The Morgan fingerprint density at radius 1 is 1.21 bits per heavy atom. The summed E-state index contributed by atoms with van der Waals surface area (Å²) in [5.74, 6) is 0.0519. The maximum atomic E-state index is 13.0. The van der Waals surface area contributed by atoms with Gasteiger partial charge in [0.1, 0.15) is 17.0 Å². The zero-order valence-corrected chi connectivity index (χ0v) is 16.9. The second kappa shape index (κ2) is 7.73. The topological polar surface area (TPSA) is 86.2 Å². The molecule has 0 bridgehead atoms. The van der Waals surface area contributed by atoms with Gasteiger partial charge in [0.15, 0.2) is 0 Å². The highest BCUT2D eigenvalue weighted by molar-refractivity contribution is 7.17. The molecule has 0 saturated carbocycles. The summed E-state index contributed by atoms with van der Waals surface area (Å²) in [6.07, 6.45) is 1.47. The highest BCUT2D eigenvalue weighted by Gasteiger charge is 2.17. The Balaban J connectivity index is 1.71. The number of nitrogens with zero attached hydrogens (tertiary/aromatic N) is 2. The number of thiophene rings is 1. The normalized spacial score (nSPS) is 11.1. The molecule has 0 atom stereocenters. The van der Waals surface area contributed by atoms with E-state index >= 15 is 0 Å². The Morgan fingerprint density at radius 2 is 2.03 bits per heavy atom. The van der Waals surface area contributed by atoms with Gasteiger partial charge >= 0.3 is 5.69 Å². The molecule has 0 aliphatic rings. The maximum absolute atomic E-state index is 13.0. The van der Waals surface area contributed by atoms with Gasteiger partial charge in [0, 0.05) is 0 Å². The number of aromatic nitrogens is 2. The summed E-state index contributed by atoms with van der Waals surface area (Å²) >= 11 is 7.40. The van der Waals surface area contributed by atoms with Crippen LogP contribution in [0.2, 0.25) is 5.02 Å². The summed E-state index contributed by atoms with van der Waals surface area (Å²) < 4.78 is 8.02. The van der Waals surface area contributed by atoms with Crippen LogP contribution in [-0.2, 0) is 17.9 Å². The predicted octanol–water partition coefficient (Wildman–Crippen LogP) is 3.47. The van der Waals surface area contributed by atoms with Crippen molar-refractivity contribution in [3.63, 3.8) is 0 Å². The molecule has 29 heavy (non-hydrogen) atoms. The first-order chi connectivity index (χ1) is 13.9. The number of benzene rings is 1. The summed E-state index contributed by atoms with van der Waals surface area (Å²) in [5, 5.41) is 4.84. The van der Waals surface area contributed by atoms with E-state index in [1.54, 1.807) is 35.7 Å². The van der Waals surface area contributed by atoms with Crippen LogP contribution in [0.1, 0.15) is 11.3 Å². The van der Waals surface area contributed by atoms with Gasteiger partial charge in [0.25, 0.3) is 5.56 Å². The SMILES string of the molecule is Cc1ccc(NC(=O)Cn2c(=O)n(Cc3ccco3)c(=O)c3sccc32)c(Cl)c1. The van der Waals surface area contributed by atoms with Gasteiger partial charge in [-0.3, -0.25) is 18.7 Å². The molecule has 0 aliphatic heterocycles. The highest BCUT2D eigenvalue weighted by atomic mass is 35.5. The second-order valence-corrected chi connectivity index (χ2v) is 7.83. The molecule has 0 aliphatic carbocycles. The third-order valence-corrected chi connectivity index (χ3v) is 5.64. The molecule has 1 aromatic carbocycles. The molecule has 4 rings (SSSR count). The fraction of sp³-hybridized carbons (Fsp3) is 0.150. The average molecular weight is 430 g/mol. The molecule has 3 heterocycles. The quantitative estimate of drug-likeness (QED) is 0.526. The molecule has 4 aromatic rings. The van der Waals surface area contributed by atoms with Crippen molar-refractivity contribution in [2.75, 3.05) is 5.32 Å². The Kier molecular flexibility index (Phi) is 5.12. The van der Waals surface area contributed by atoms with Crippen LogP contribution in [0.5, 0.6) is 0 Å². The number of amides is 1. The lowest BCUT2D eigenvalue weighted by Gasteiger charge is -2.12. The van der Waals surface area contributed by atoms with Gasteiger partial charge in [-0.05, 0) is 48.2 Å². The maximum Gasteiger partial charge on any atom is 0.332 e. The van der Waals surface area contributed by atoms with Gasteiger partial charge in [-0.15, -0.1) is 11.3 Å². The highest BCUT2D eigenvalue weighted by Crippen LogP contribution is 2.23. The molecule has 1 N–H and O–H groups in total. The Labute approximate surface area is 173 Å². The lowest BCUT2D eigenvalue weighted by atomic mass is 10.2. The summed E-state index contributed by atoms with van der Waals surface area (Å²) in [5.41, 5.74) is 0.859. The van der Waals surface area contributed by atoms with Crippen LogP contribution >= 0.6 is 22.9 Å². The van der Waals surface area contributed by atoms with Gasteiger partial charge < -0.3 is 9.73 Å². The van der Waals surface area contributed by atoms with Crippen molar-refractivity contribution >= 4 is 44.7 Å². The summed E-state index contributed by atoms with van der Waals surface area (Å²) in [6, 6.07) is 10.3. The number of carbonyl (C=O) groups excluding carboxylic acids is 1. The van der Waals surface area contributed by atoms with Gasteiger partial charge in [-0.2, -0.15) is 0 Å². The Hall–Kier alpha value is -3.10. The van der Waals surface area contributed by atoms with E-state index < -0.39 is 17.2 Å². The predicted molar refractivity (Wildman–Crippen MR) is 113 cm³/mol. The molecule has 7 nitrogen and oxygen atoms in total. The number of hydrogen-bond acceptors (Lipinski definition) is 5. The smallest absolute Gasteiger partial charge is 0.332 e. The van der Waals surface area contributed by atoms with Crippen molar-refractivity contribution in [2.24, 2.45) is 0 Å². The minimum Gasteiger partial charge on any atom is -0.467 e. The van der Waals surface area contributed by atoms with Gasteiger partial charge in [-0.25, -0.2) is 4.79 Å². The molecule has 1 amide bonds. The van der Waals surface area contributed by atoms with Crippen molar-refractivity contribution in [2.45, 2.75) is 20.0 Å². The average Bonchev–Trinajstić information content (AvgIpc) is 3.36. The van der Waals surface area contributed by atoms with Gasteiger partial charge in [0.05, 0.1) is 29.0 Å². The molecular formula is C20H16ClN3O4S. The molecule has 0 radical (unpaired) electrons. The number of halogens is 1. The molecule has 0 saturated heterocycles.